The topological polar surface area (TPSA) is 53.5 Å². The molecule has 3 rings (SSSR count). The molecule has 6 heteroatoms. The van der Waals surface area contributed by atoms with Gasteiger partial charge < -0.3 is 4.90 Å². The van der Waals surface area contributed by atoms with Gasteiger partial charge in [-0.25, -0.2) is 13.4 Å². The highest BCUT2D eigenvalue weighted by Gasteiger charge is 2.37. The van der Waals surface area contributed by atoms with Gasteiger partial charge in [0.05, 0.1) is 10.9 Å². The molecule has 2 heterocycles. The van der Waals surface area contributed by atoms with E-state index in [9.17, 15) is 8.42 Å². The maximum Gasteiger partial charge on any atom is 0.243 e. The van der Waals surface area contributed by atoms with Crippen molar-refractivity contribution >= 4 is 15.8 Å². The number of pyridine rings is 1. The zero-order valence-electron chi connectivity index (χ0n) is 14.3. The number of hydrogen-bond acceptors (Lipinski definition) is 4. The Morgan fingerprint density at radius 3 is 2.54 bits per heavy atom. The fraction of sp³-hybridized carbons (Fsp3) is 0.389. The Morgan fingerprint density at radius 1 is 1.17 bits per heavy atom. The Labute approximate surface area is 144 Å². The van der Waals surface area contributed by atoms with Crippen molar-refractivity contribution in [2.24, 2.45) is 0 Å². The van der Waals surface area contributed by atoms with Crippen molar-refractivity contribution in [3.63, 3.8) is 0 Å². The van der Waals surface area contributed by atoms with Crippen LogP contribution in [0.1, 0.15) is 30.0 Å². The largest absolute Gasteiger partial charge is 0.362 e. The normalized spacial score (nSPS) is 18.7. The first kappa shape index (κ1) is 16.9. The lowest BCUT2D eigenvalue weighted by atomic mass is 10.1. The van der Waals surface area contributed by atoms with Crippen molar-refractivity contribution in [1.82, 2.24) is 9.29 Å². The molecule has 1 aromatic carbocycles. The molecule has 1 atom stereocenters. The zero-order chi connectivity index (χ0) is 17.3. The van der Waals surface area contributed by atoms with Crippen LogP contribution in [0.3, 0.4) is 0 Å². The molecule has 0 saturated carbocycles. The number of rotatable bonds is 4. The van der Waals surface area contributed by atoms with E-state index in [4.69, 9.17) is 0 Å². The van der Waals surface area contributed by atoms with E-state index in [1.807, 2.05) is 50.2 Å². The molecular weight excluding hydrogens is 322 g/mol. The summed E-state index contributed by atoms with van der Waals surface area (Å²) in [4.78, 5) is 6.72. The molecule has 0 aliphatic carbocycles. The number of aryl methyl sites for hydroxylation is 1. The van der Waals surface area contributed by atoms with Gasteiger partial charge in [-0.1, -0.05) is 23.8 Å². The highest BCUT2D eigenvalue weighted by molar-refractivity contribution is 7.89. The molecule has 5 nitrogen and oxygen atoms in total. The van der Waals surface area contributed by atoms with Crippen molar-refractivity contribution < 1.29 is 8.42 Å². The third-order valence-corrected chi connectivity index (χ3v) is 6.35. The fourth-order valence-corrected chi connectivity index (χ4v) is 4.90. The Morgan fingerprint density at radius 2 is 1.88 bits per heavy atom. The average Bonchev–Trinajstić information content (AvgIpc) is 3.05. The lowest BCUT2D eigenvalue weighted by molar-refractivity contribution is 0.396. The van der Waals surface area contributed by atoms with Gasteiger partial charge in [-0.2, -0.15) is 4.31 Å². The molecule has 1 unspecified atom stereocenters. The molecule has 1 saturated heterocycles. The molecule has 0 radical (unpaired) electrons. The predicted molar refractivity (Wildman–Crippen MR) is 95.6 cm³/mol. The van der Waals surface area contributed by atoms with Crippen LogP contribution in [-0.2, 0) is 10.0 Å². The molecule has 0 spiro atoms. The molecule has 0 bridgehead atoms. The number of aromatic nitrogens is 1. The van der Waals surface area contributed by atoms with Crippen LogP contribution in [-0.4, -0.2) is 38.3 Å². The molecule has 0 N–H and O–H groups in total. The summed E-state index contributed by atoms with van der Waals surface area (Å²) < 4.78 is 27.8. The van der Waals surface area contributed by atoms with Crippen molar-refractivity contribution in [3.8, 4) is 0 Å². The summed E-state index contributed by atoms with van der Waals surface area (Å²) in [5.41, 5.74) is 2.02. The van der Waals surface area contributed by atoms with Crippen LogP contribution in [0.15, 0.2) is 47.5 Å². The molecule has 2 aromatic rings. The first-order valence-electron chi connectivity index (χ1n) is 8.12. The minimum Gasteiger partial charge on any atom is -0.362 e. The summed E-state index contributed by atoms with van der Waals surface area (Å²) in [6, 6.07) is 10.8. The smallest absolute Gasteiger partial charge is 0.243 e. The Bertz CT molecular complexity index is 816. The van der Waals surface area contributed by atoms with E-state index < -0.39 is 10.0 Å². The second kappa shape index (κ2) is 6.53. The summed E-state index contributed by atoms with van der Waals surface area (Å²) in [7, 11) is 0.352. The van der Waals surface area contributed by atoms with E-state index in [1.165, 1.54) is 0 Å². The minimum atomic E-state index is -3.51. The van der Waals surface area contributed by atoms with Crippen LogP contribution in [0, 0.1) is 6.92 Å². The Kier molecular flexibility index (Phi) is 4.60. The van der Waals surface area contributed by atoms with Crippen LogP contribution in [0.25, 0.3) is 0 Å². The second-order valence-corrected chi connectivity index (χ2v) is 8.29. The number of hydrogen-bond donors (Lipinski definition) is 0. The molecule has 128 valence electrons. The molecule has 1 aromatic heterocycles. The Hall–Kier alpha value is -1.92. The quantitative estimate of drug-likeness (QED) is 0.855. The summed E-state index contributed by atoms with van der Waals surface area (Å²) in [6.45, 7) is 2.50. The number of sulfonamides is 1. The lowest BCUT2D eigenvalue weighted by Crippen LogP contribution is -2.31. The number of benzene rings is 1. The van der Waals surface area contributed by atoms with Crippen molar-refractivity contribution in [2.75, 3.05) is 25.5 Å². The summed E-state index contributed by atoms with van der Waals surface area (Å²) in [6.07, 6.45) is 3.42. The van der Waals surface area contributed by atoms with Gasteiger partial charge in [-0.15, -0.1) is 0 Å². The lowest BCUT2D eigenvalue weighted by Gasteiger charge is -2.27. The van der Waals surface area contributed by atoms with Crippen LogP contribution in [0.4, 0.5) is 5.82 Å². The summed E-state index contributed by atoms with van der Waals surface area (Å²) in [5, 5.41) is 0. The predicted octanol–water partition coefficient (Wildman–Crippen LogP) is 2.98. The second-order valence-electron chi connectivity index (χ2n) is 6.40. The van der Waals surface area contributed by atoms with Crippen LogP contribution >= 0.6 is 0 Å². The van der Waals surface area contributed by atoms with E-state index >= 15 is 0 Å². The van der Waals surface area contributed by atoms with E-state index in [-0.39, 0.29) is 6.04 Å². The monoisotopic (exact) mass is 345 g/mol. The first-order valence-corrected chi connectivity index (χ1v) is 9.56. The van der Waals surface area contributed by atoms with Gasteiger partial charge in [0.2, 0.25) is 10.0 Å². The van der Waals surface area contributed by atoms with E-state index in [1.54, 1.807) is 22.6 Å². The maximum absolute atomic E-state index is 13.1. The van der Waals surface area contributed by atoms with Crippen molar-refractivity contribution in [2.45, 2.75) is 30.7 Å². The van der Waals surface area contributed by atoms with Gasteiger partial charge in [0.1, 0.15) is 5.82 Å². The molecule has 1 aliphatic rings. The summed E-state index contributed by atoms with van der Waals surface area (Å²) in [5.74, 6) is 0.827. The standard InChI is InChI=1S/C18H23N3O2S/c1-14-8-10-15(11-9-14)24(22,23)21-13-5-7-17(21)16-6-4-12-19-18(16)20(2)3/h4,6,8-12,17H,5,7,13H2,1-3H3. The molecule has 0 amide bonds. The molecule has 1 fully saturated rings. The molecule has 1 aliphatic heterocycles. The highest BCUT2D eigenvalue weighted by atomic mass is 32.2. The van der Waals surface area contributed by atoms with E-state index in [0.29, 0.717) is 11.4 Å². The van der Waals surface area contributed by atoms with Gasteiger partial charge in [0, 0.05) is 32.4 Å². The van der Waals surface area contributed by atoms with E-state index in [0.717, 1.165) is 29.8 Å². The summed E-state index contributed by atoms with van der Waals surface area (Å²) >= 11 is 0. The van der Waals surface area contributed by atoms with Crippen molar-refractivity contribution in [3.05, 3.63) is 53.7 Å². The fourth-order valence-electron chi connectivity index (χ4n) is 3.23. The van der Waals surface area contributed by atoms with Gasteiger partial charge in [-0.05, 0) is 38.0 Å². The van der Waals surface area contributed by atoms with Crippen LogP contribution in [0.2, 0.25) is 0 Å². The third-order valence-electron chi connectivity index (χ3n) is 4.43. The van der Waals surface area contributed by atoms with Crippen LogP contribution in [0.5, 0.6) is 0 Å². The minimum absolute atomic E-state index is 0.164. The maximum atomic E-state index is 13.1. The average molecular weight is 345 g/mol. The van der Waals surface area contributed by atoms with Gasteiger partial charge in [0.25, 0.3) is 0 Å². The highest BCUT2D eigenvalue weighted by Crippen LogP contribution is 2.39. The third kappa shape index (κ3) is 3.03. The van der Waals surface area contributed by atoms with E-state index in [2.05, 4.69) is 4.98 Å². The first-order chi connectivity index (χ1) is 11.4. The number of nitrogens with zero attached hydrogens (tertiary/aromatic N) is 3. The SMILES string of the molecule is Cc1ccc(S(=O)(=O)N2CCCC2c2cccnc2N(C)C)cc1. The van der Waals surface area contributed by atoms with Gasteiger partial charge >= 0.3 is 0 Å². The Balaban J connectivity index is 2.01. The van der Waals surface area contributed by atoms with Crippen LogP contribution < -0.4 is 4.90 Å². The van der Waals surface area contributed by atoms with Gasteiger partial charge in [-0.3, -0.25) is 0 Å². The molecule has 24 heavy (non-hydrogen) atoms. The van der Waals surface area contributed by atoms with Crippen molar-refractivity contribution in [1.29, 1.82) is 0 Å². The van der Waals surface area contributed by atoms with Gasteiger partial charge in [0.15, 0.2) is 0 Å². The zero-order valence-corrected chi connectivity index (χ0v) is 15.1. The molecular formula is C18H23N3O2S. The number of anilines is 1.